The standard InChI is InChI=1S/C15H20BrNO3/c1-11(20-14-7-3-2-6-13(14)16)15(18)17-9-8-12-5-4-10-19-12/h2-3,6-7,11-12H,4-5,8-10H2,1H3,(H,17,18)/t11-,12+/m1/s1. The molecule has 1 aliphatic heterocycles. The van der Waals surface area contributed by atoms with Crippen molar-refractivity contribution in [1.82, 2.24) is 5.32 Å². The number of carbonyl (C=O) groups excluding carboxylic acids is 1. The van der Waals surface area contributed by atoms with E-state index in [0.29, 0.717) is 18.4 Å². The van der Waals surface area contributed by atoms with Gasteiger partial charge in [0.1, 0.15) is 5.75 Å². The van der Waals surface area contributed by atoms with Crippen LogP contribution in [-0.2, 0) is 9.53 Å². The van der Waals surface area contributed by atoms with E-state index < -0.39 is 6.10 Å². The quantitative estimate of drug-likeness (QED) is 0.865. The van der Waals surface area contributed by atoms with Crippen molar-refractivity contribution < 1.29 is 14.3 Å². The highest BCUT2D eigenvalue weighted by Crippen LogP contribution is 2.24. The first-order valence-corrected chi connectivity index (χ1v) is 7.76. The van der Waals surface area contributed by atoms with Crippen molar-refractivity contribution in [3.63, 3.8) is 0 Å². The Morgan fingerprint density at radius 3 is 3.05 bits per heavy atom. The molecule has 0 aromatic heterocycles. The zero-order valence-electron chi connectivity index (χ0n) is 11.6. The summed E-state index contributed by atoms with van der Waals surface area (Å²) in [6.45, 7) is 3.23. The first-order valence-electron chi connectivity index (χ1n) is 6.97. The van der Waals surface area contributed by atoms with Gasteiger partial charge in [0.05, 0.1) is 10.6 Å². The van der Waals surface area contributed by atoms with Gasteiger partial charge in [0, 0.05) is 13.2 Å². The zero-order chi connectivity index (χ0) is 14.4. The minimum absolute atomic E-state index is 0.0984. The number of halogens is 1. The molecule has 2 atom stereocenters. The summed E-state index contributed by atoms with van der Waals surface area (Å²) in [4.78, 5) is 11.9. The summed E-state index contributed by atoms with van der Waals surface area (Å²) in [5, 5.41) is 2.89. The monoisotopic (exact) mass is 341 g/mol. The fourth-order valence-corrected chi connectivity index (χ4v) is 2.53. The van der Waals surface area contributed by atoms with E-state index in [9.17, 15) is 4.79 Å². The van der Waals surface area contributed by atoms with E-state index in [1.165, 1.54) is 0 Å². The number of rotatable bonds is 6. The summed E-state index contributed by atoms with van der Waals surface area (Å²) in [6.07, 6.45) is 2.87. The minimum atomic E-state index is -0.516. The van der Waals surface area contributed by atoms with Gasteiger partial charge in [0.25, 0.3) is 5.91 Å². The smallest absolute Gasteiger partial charge is 0.260 e. The number of ether oxygens (including phenoxy) is 2. The van der Waals surface area contributed by atoms with Gasteiger partial charge in [0.2, 0.25) is 0 Å². The van der Waals surface area contributed by atoms with Crippen molar-refractivity contribution in [1.29, 1.82) is 0 Å². The van der Waals surface area contributed by atoms with Gasteiger partial charge in [-0.15, -0.1) is 0 Å². The van der Waals surface area contributed by atoms with Crippen molar-refractivity contribution in [3.8, 4) is 5.75 Å². The lowest BCUT2D eigenvalue weighted by Gasteiger charge is -2.16. The van der Waals surface area contributed by atoms with E-state index in [1.54, 1.807) is 6.92 Å². The molecule has 0 saturated carbocycles. The fourth-order valence-electron chi connectivity index (χ4n) is 2.16. The predicted octanol–water partition coefficient (Wildman–Crippen LogP) is 2.90. The molecular formula is C15H20BrNO3. The summed E-state index contributed by atoms with van der Waals surface area (Å²) < 4.78 is 12.0. The van der Waals surface area contributed by atoms with Gasteiger partial charge in [0.15, 0.2) is 6.10 Å². The molecule has 2 rings (SSSR count). The third-order valence-electron chi connectivity index (χ3n) is 3.30. The number of hydrogen-bond donors (Lipinski definition) is 1. The highest BCUT2D eigenvalue weighted by molar-refractivity contribution is 9.10. The predicted molar refractivity (Wildman–Crippen MR) is 80.8 cm³/mol. The van der Waals surface area contributed by atoms with Crippen molar-refractivity contribution in [3.05, 3.63) is 28.7 Å². The van der Waals surface area contributed by atoms with Gasteiger partial charge < -0.3 is 14.8 Å². The van der Waals surface area contributed by atoms with Crippen LogP contribution in [0.4, 0.5) is 0 Å². The molecule has 1 saturated heterocycles. The first kappa shape index (κ1) is 15.3. The Bertz CT molecular complexity index is 446. The average Bonchev–Trinajstić information content (AvgIpc) is 2.94. The molecule has 0 spiro atoms. The van der Waals surface area contributed by atoms with E-state index in [-0.39, 0.29) is 5.91 Å². The van der Waals surface area contributed by atoms with Crippen molar-refractivity contribution in [2.75, 3.05) is 13.2 Å². The van der Waals surface area contributed by atoms with Crippen molar-refractivity contribution in [2.24, 2.45) is 0 Å². The number of nitrogens with one attached hydrogen (secondary N) is 1. The zero-order valence-corrected chi connectivity index (χ0v) is 13.2. The third kappa shape index (κ3) is 4.49. The van der Waals surface area contributed by atoms with E-state index in [1.807, 2.05) is 24.3 Å². The Hall–Kier alpha value is -1.07. The Kier molecular flexibility index (Phi) is 5.86. The maximum absolute atomic E-state index is 11.9. The molecule has 0 aliphatic carbocycles. The summed E-state index contributed by atoms with van der Waals surface area (Å²) in [5.41, 5.74) is 0. The topological polar surface area (TPSA) is 47.6 Å². The van der Waals surface area contributed by atoms with Gasteiger partial charge in [-0.25, -0.2) is 0 Å². The number of benzene rings is 1. The summed E-state index contributed by atoms with van der Waals surface area (Å²) in [5.74, 6) is 0.577. The molecule has 1 amide bonds. The number of hydrogen-bond acceptors (Lipinski definition) is 3. The second-order valence-electron chi connectivity index (χ2n) is 4.91. The molecule has 1 aromatic carbocycles. The lowest BCUT2D eigenvalue weighted by molar-refractivity contribution is -0.127. The largest absolute Gasteiger partial charge is 0.480 e. The molecule has 1 fully saturated rings. The van der Waals surface area contributed by atoms with Crippen LogP contribution in [0, 0.1) is 0 Å². The number of amides is 1. The maximum Gasteiger partial charge on any atom is 0.260 e. The van der Waals surface area contributed by atoms with Gasteiger partial charge >= 0.3 is 0 Å². The SMILES string of the molecule is C[C@@H](Oc1ccccc1Br)C(=O)NCC[C@@H]1CCCO1. The number of carbonyl (C=O) groups is 1. The van der Waals surface area contributed by atoms with Crippen molar-refractivity contribution in [2.45, 2.75) is 38.4 Å². The normalized spacial score (nSPS) is 19.6. The maximum atomic E-state index is 11.9. The van der Waals surface area contributed by atoms with Crippen LogP contribution in [-0.4, -0.2) is 31.3 Å². The Labute approximate surface area is 128 Å². The van der Waals surface area contributed by atoms with Gasteiger partial charge in [-0.05, 0) is 54.2 Å². The average molecular weight is 342 g/mol. The van der Waals surface area contributed by atoms with Crippen LogP contribution >= 0.6 is 15.9 Å². The molecule has 1 N–H and O–H groups in total. The highest BCUT2D eigenvalue weighted by Gasteiger charge is 2.18. The lowest BCUT2D eigenvalue weighted by atomic mass is 10.2. The molecule has 4 nitrogen and oxygen atoms in total. The Morgan fingerprint density at radius 1 is 1.55 bits per heavy atom. The number of para-hydroxylation sites is 1. The minimum Gasteiger partial charge on any atom is -0.480 e. The molecule has 1 aliphatic rings. The van der Waals surface area contributed by atoms with E-state index in [0.717, 1.165) is 30.3 Å². The molecule has 110 valence electrons. The van der Waals surface area contributed by atoms with E-state index in [2.05, 4.69) is 21.2 Å². The molecule has 1 heterocycles. The van der Waals surface area contributed by atoms with Crippen LogP contribution in [0.25, 0.3) is 0 Å². The molecule has 20 heavy (non-hydrogen) atoms. The van der Waals surface area contributed by atoms with Crippen LogP contribution in [0.1, 0.15) is 26.2 Å². The Morgan fingerprint density at radius 2 is 2.35 bits per heavy atom. The summed E-state index contributed by atoms with van der Waals surface area (Å²) in [7, 11) is 0. The van der Waals surface area contributed by atoms with Crippen LogP contribution in [0.5, 0.6) is 5.75 Å². The molecule has 0 bridgehead atoms. The van der Waals surface area contributed by atoms with Crippen LogP contribution in [0.3, 0.4) is 0 Å². The molecule has 0 radical (unpaired) electrons. The summed E-state index contributed by atoms with van der Waals surface area (Å²) in [6, 6.07) is 7.50. The fraction of sp³-hybridized carbons (Fsp3) is 0.533. The van der Waals surface area contributed by atoms with Crippen LogP contribution in [0.15, 0.2) is 28.7 Å². The van der Waals surface area contributed by atoms with Crippen molar-refractivity contribution >= 4 is 21.8 Å². The van der Waals surface area contributed by atoms with Crippen LogP contribution in [0.2, 0.25) is 0 Å². The van der Waals surface area contributed by atoms with Gasteiger partial charge in [-0.3, -0.25) is 4.79 Å². The van der Waals surface area contributed by atoms with Gasteiger partial charge in [-0.1, -0.05) is 12.1 Å². The van der Waals surface area contributed by atoms with E-state index >= 15 is 0 Å². The highest BCUT2D eigenvalue weighted by atomic mass is 79.9. The molecule has 0 unspecified atom stereocenters. The second kappa shape index (κ2) is 7.64. The first-order chi connectivity index (χ1) is 9.66. The Balaban J connectivity index is 1.73. The molecule has 1 aromatic rings. The summed E-state index contributed by atoms with van der Waals surface area (Å²) >= 11 is 3.40. The third-order valence-corrected chi connectivity index (χ3v) is 3.95. The second-order valence-corrected chi connectivity index (χ2v) is 5.76. The lowest BCUT2D eigenvalue weighted by Crippen LogP contribution is -2.37. The molecule has 5 heteroatoms. The van der Waals surface area contributed by atoms with E-state index in [4.69, 9.17) is 9.47 Å². The van der Waals surface area contributed by atoms with Crippen LogP contribution < -0.4 is 10.1 Å². The molecular weight excluding hydrogens is 322 g/mol. The van der Waals surface area contributed by atoms with Gasteiger partial charge in [-0.2, -0.15) is 0 Å².